The van der Waals surface area contributed by atoms with Crippen molar-refractivity contribution in [2.75, 3.05) is 13.6 Å². The molecule has 3 N–H and O–H groups in total. The van der Waals surface area contributed by atoms with Gasteiger partial charge in [-0.1, -0.05) is 6.07 Å². The number of pyridine rings is 1. The third kappa shape index (κ3) is 3.34. The van der Waals surface area contributed by atoms with Gasteiger partial charge in [0.05, 0.1) is 23.0 Å². The van der Waals surface area contributed by atoms with E-state index in [9.17, 15) is 10.2 Å². The van der Waals surface area contributed by atoms with Crippen LogP contribution in [0, 0.1) is 0 Å². The van der Waals surface area contributed by atoms with Gasteiger partial charge < -0.3 is 24.8 Å². The van der Waals surface area contributed by atoms with E-state index in [-0.39, 0.29) is 0 Å². The maximum absolute atomic E-state index is 10.0. The SMILES string of the molecule is CNCC(O)C(O)c1ccc(B2OC(C)(C)C(C)(C)O2)cn1. The first kappa shape index (κ1) is 17.4. The Balaban J connectivity index is 2.10. The molecule has 1 saturated heterocycles. The van der Waals surface area contributed by atoms with Gasteiger partial charge in [-0.15, -0.1) is 0 Å². The Labute approximate surface area is 132 Å². The third-order valence-corrected chi connectivity index (χ3v) is 4.42. The summed E-state index contributed by atoms with van der Waals surface area (Å²) in [6.45, 7) is 8.26. The van der Waals surface area contributed by atoms with Gasteiger partial charge in [0.25, 0.3) is 0 Å². The zero-order chi connectivity index (χ0) is 16.5. The summed E-state index contributed by atoms with van der Waals surface area (Å²) in [5, 5.41) is 22.6. The maximum Gasteiger partial charge on any atom is 0.496 e. The van der Waals surface area contributed by atoms with E-state index < -0.39 is 30.5 Å². The summed E-state index contributed by atoms with van der Waals surface area (Å²) in [6, 6.07) is 3.49. The van der Waals surface area contributed by atoms with Crippen LogP contribution in [0.5, 0.6) is 0 Å². The Bertz CT molecular complexity index is 491. The Morgan fingerprint density at radius 2 is 1.77 bits per heavy atom. The van der Waals surface area contributed by atoms with Crippen molar-refractivity contribution in [2.24, 2.45) is 0 Å². The Kier molecular flexibility index (Phi) is 4.94. The molecule has 1 fully saturated rings. The first-order chi connectivity index (χ1) is 10.2. The van der Waals surface area contributed by atoms with E-state index in [1.807, 2.05) is 27.7 Å². The molecule has 0 aromatic carbocycles. The average Bonchev–Trinajstić information content (AvgIpc) is 2.67. The summed E-state index contributed by atoms with van der Waals surface area (Å²) >= 11 is 0. The highest BCUT2D eigenvalue weighted by atomic mass is 16.7. The normalized spacial score (nSPS) is 22.6. The third-order valence-electron chi connectivity index (χ3n) is 4.42. The van der Waals surface area contributed by atoms with Gasteiger partial charge in [0.2, 0.25) is 0 Å². The molecular formula is C15H25BN2O4. The van der Waals surface area contributed by atoms with Crippen LogP contribution in [-0.4, -0.2) is 53.2 Å². The largest absolute Gasteiger partial charge is 0.496 e. The zero-order valence-corrected chi connectivity index (χ0v) is 13.8. The molecule has 0 radical (unpaired) electrons. The molecule has 0 amide bonds. The summed E-state index contributed by atoms with van der Waals surface area (Å²) < 4.78 is 11.9. The number of nitrogens with zero attached hydrogens (tertiary/aromatic N) is 1. The molecule has 6 nitrogen and oxygen atoms in total. The lowest BCUT2D eigenvalue weighted by molar-refractivity contribution is 0.00578. The van der Waals surface area contributed by atoms with E-state index >= 15 is 0 Å². The highest BCUT2D eigenvalue weighted by Gasteiger charge is 2.51. The summed E-state index contributed by atoms with van der Waals surface area (Å²) in [6.07, 6.45) is -0.313. The fourth-order valence-electron chi connectivity index (χ4n) is 2.23. The van der Waals surface area contributed by atoms with Crippen molar-refractivity contribution in [3.63, 3.8) is 0 Å². The fourth-order valence-corrected chi connectivity index (χ4v) is 2.23. The van der Waals surface area contributed by atoms with Crippen LogP contribution in [0.3, 0.4) is 0 Å². The van der Waals surface area contributed by atoms with Crippen molar-refractivity contribution >= 4 is 12.6 Å². The minimum atomic E-state index is -1.03. The number of hydrogen-bond acceptors (Lipinski definition) is 6. The molecule has 0 bridgehead atoms. The predicted molar refractivity (Wildman–Crippen MR) is 84.8 cm³/mol. The van der Waals surface area contributed by atoms with E-state index in [0.717, 1.165) is 5.46 Å². The second-order valence-electron chi connectivity index (χ2n) is 6.67. The number of likely N-dealkylation sites (N-methyl/N-ethyl adjacent to an activating group) is 1. The van der Waals surface area contributed by atoms with Gasteiger partial charge in [-0.25, -0.2) is 0 Å². The van der Waals surface area contributed by atoms with Crippen LogP contribution in [0.25, 0.3) is 0 Å². The van der Waals surface area contributed by atoms with E-state index in [4.69, 9.17) is 9.31 Å². The predicted octanol–water partition coefficient (Wildman–Crippen LogP) is -0.00550. The topological polar surface area (TPSA) is 83.8 Å². The van der Waals surface area contributed by atoms with Crippen molar-refractivity contribution in [3.8, 4) is 0 Å². The molecule has 2 rings (SSSR count). The molecule has 1 aliphatic rings. The number of aliphatic hydroxyl groups is 2. The van der Waals surface area contributed by atoms with Crippen LogP contribution in [0.1, 0.15) is 39.5 Å². The van der Waals surface area contributed by atoms with Gasteiger partial charge in [0, 0.05) is 18.2 Å². The van der Waals surface area contributed by atoms with E-state index in [1.54, 1.807) is 25.4 Å². The first-order valence-electron chi connectivity index (χ1n) is 7.50. The second kappa shape index (κ2) is 6.25. The van der Waals surface area contributed by atoms with Gasteiger partial charge in [0.1, 0.15) is 6.10 Å². The lowest BCUT2D eigenvalue weighted by Crippen LogP contribution is -2.41. The van der Waals surface area contributed by atoms with Crippen molar-refractivity contribution in [3.05, 3.63) is 24.0 Å². The summed E-state index contributed by atoms with van der Waals surface area (Å²) in [5.41, 5.74) is 0.401. The van der Waals surface area contributed by atoms with Gasteiger partial charge >= 0.3 is 7.12 Å². The molecule has 2 heterocycles. The number of aliphatic hydroxyl groups excluding tert-OH is 2. The molecule has 1 aromatic heterocycles. The monoisotopic (exact) mass is 308 g/mol. The zero-order valence-electron chi connectivity index (χ0n) is 13.8. The van der Waals surface area contributed by atoms with E-state index in [2.05, 4.69) is 10.3 Å². The van der Waals surface area contributed by atoms with Gasteiger partial charge in [-0.3, -0.25) is 4.98 Å². The van der Waals surface area contributed by atoms with Crippen molar-refractivity contribution in [1.29, 1.82) is 0 Å². The molecule has 22 heavy (non-hydrogen) atoms. The average molecular weight is 308 g/mol. The van der Waals surface area contributed by atoms with Crippen LogP contribution < -0.4 is 10.8 Å². The number of rotatable bonds is 5. The molecule has 1 aliphatic heterocycles. The molecule has 7 heteroatoms. The highest BCUT2D eigenvalue weighted by Crippen LogP contribution is 2.36. The Hall–Kier alpha value is -0.985. The van der Waals surface area contributed by atoms with Crippen LogP contribution in [0.2, 0.25) is 0 Å². The molecular weight excluding hydrogens is 283 g/mol. The molecule has 0 spiro atoms. The molecule has 2 unspecified atom stereocenters. The Morgan fingerprint density at radius 3 is 2.23 bits per heavy atom. The first-order valence-corrected chi connectivity index (χ1v) is 7.50. The molecule has 0 saturated carbocycles. The molecule has 1 aromatic rings. The number of aromatic nitrogens is 1. The summed E-state index contributed by atoms with van der Waals surface area (Å²) in [7, 11) is 1.23. The van der Waals surface area contributed by atoms with E-state index in [1.165, 1.54) is 0 Å². The van der Waals surface area contributed by atoms with E-state index in [0.29, 0.717) is 12.2 Å². The van der Waals surface area contributed by atoms with Crippen molar-refractivity contribution in [1.82, 2.24) is 10.3 Å². The Morgan fingerprint density at radius 1 is 1.18 bits per heavy atom. The molecule has 122 valence electrons. The smallest absolute Gasteiger partial charge is 0.399 e. The van der Waals surface area contributed by atoms with Gasteiger partial charge in [-0.05, 0) is 40.8 Å². The second-order valence-corrected chi connectivity index (χ2v) is 6.67. The standard InChI is InChI=1S/C15H25BN2O4/c1-14(2)15(3,4)22-16(21-14)10-6-7-11(18-8-10)13(20)12(19)9-17-5/h6-8,12-13,17,19-20H,9H2,1-5H3. The van der Waals surface area contributed by atoms with Crippen LogP contribution in [-0.2, 0) is 9.31 Å². The summed E-state index contributed by atoms with van der Waals surface area (Å²) in [4.78, 5) is 4.22. The number of nitrogens with one attached hydrogen (secondary N) is 1. The molecule has 2 atom stereocenters. The van der Waals surface area contributed by atoms with Gasteiger partial charge in [-0.2, -0.15) is 0 Å². The highest BCUT2D eigenvalue weighted by molar-refractivity contribution is 6.62. The maximum atomic E-state index is 10.0. The lowest BCUT2D eigenvalue weighted by Gasteiger charge is -2.32. The number of hydrogen-bond donors (Lipinski definition) is 3. The minimum Gasteiger partial charge on any atom is -0.399 e. The summed E-state index contributed by atoms with van der Waals surface area (Å²) in [5.74, 6) is 0. The van der Waals surface area contributed by atoms with Crippen LogP contribution in [0.4, 0.5) is 0 Å². The molecule has 0 aliphatic carbocycles. The van der Waals surface area contributed by atoms with Gasteiger partial charge in [0.15, 0.2) is 0 Å². The fraction of sp³-hybridized carbons (Fsp3) is 0.667. The lowest BCUT2D eigenvalue weighted by atomic mass is 9.80. The van der Waals surface area contributed by atoms with Crippen molar-refractivity contribution < 1.29 is 19.5 Å². The minimum absolute atomic E-state index is 0.293. The van der Waals surface area contributed by atoms with Crippen LogP contribution >= 0.6 is 0 Å². The van der Waals surface area contributed by atoms with Crippen molar-refractivity contribution in [2.45, 2.75) is 51.1 Å². The van der Waals surface area contributed by atoms with Crippen LogP contribution in [0.15, 0.2) is 18.3 Å². The quantitative estimate of drug-likeness (QED) is 0.664.